The van der Waals surface area contributed by atoms with Crippen molar-refractivity contribution in [2.45, 2.75) is 6.54 Å². The Hall–Kier alpha value is -1.46. The molecule has 0 amide bonds. The van der Waals surface area contributed by atoms with Gasteiger partial charge in [0.05, 0.1) is 5.56 Å². The van der Waals surface area contributed by atoms with Gasteiger partial charge in [0, 0.05) is 10.4 Å². The molecule has 2 rings (SSSR count). The molecule has 0 saturated heterocycles. The largest absolute Gasteiger partial charge is 0.464 e. The van der Waals surface area contributed by atoms with Crippen molar-refractivity contribution >= 4 is 22.6 Å². The lowest BCUT2D eigenvalue weighted by Crippen LogP contribution is -1.74. The number of benzene rings is 1. The van der Waals surface area contributed by atoms with Gasteiger partial charge in [0.2, 0.25) is 6.54 Å². The van der Waals surface area contributed by atoms with Crippen LogP contribution >= 0.6 is 11.6 Å². The van der Waals surface area contributed by atoms with E-state index in [-0.39, 0.29) is 0 Å². The molecule has 0 radical (unpaired) electrons. The summed E-state index contributed by atoms with van der Waals surface area (Å²) in [6, 6.07) is 5.43. The zero-order valence-electron chi connectivity index (χ0n) is 6.75. The molecule has 0 saturated carbocycles. The third-order valence-corrected chi connectivity index (χ3v) is 2.10. The van der Waals surface area contributed by atoms with Gasteiger partial charge in [-0.1, -0.05) is 11.6 Å². The van der Waals surface area contributed by atoms with E-state index in [1.807, 2.05) is 6.07 Å². The van der Waals surface area contributed by atoms with Gasteiger partial charge in [-0.2, -0.15) is 0 Å². The summed E-state index contributed by atoms with van der Waals surface area (Å²) in [5, 5.41) is 1.62. The van der Waals surface area contributed by atoms with Gasteiger partial charge in [0.1, 0.15) is 11.8 Å². The molecule has 0 atom stereocenters. The number of nitrogens with zero attached hydrogens (tertiary/aromatic N) is 1. The molecule has 0 unspecified atom stereocenters. The summed E-state index contributed by atoms with van der Waals surface area (Å²) in [5.74, 6) is 0. The standard InChI is InChI=1S/C10H6ClNO/c1-12-5-7-6-13-10-4-8(11)2-3-9(7)10/h2-4,6H,5H2. The van der Waals surface area contributed by atoms with Crippen molar-refractivity contribution in [1.29, 1.82) is 0 Å². The number of furan rings is 1. The predicted molar refractivity (Wildman–Crippen MR) is 51.5 cm³/mol. The lowest BCUT2D eigenvalue weighted by atomic mass is 10.2. The molecule has 0 N–H and O–H groups in total. The van der Waals surface area contributed by atoms with Crippen LogP contribution in [0.1, 0.15) is 5.56 Å². The Bertz CT molecular complexity index is 481. The summed E-state index contributed by atoms with van der Waals surface area (Å²) in [6.45, 7) is 7.11. The van der Waals surface area contributed by atoms with Crippen molar-refractivity contribution in [3.05, 3.63) is 46.5 Å². The minimum absolute atomic E-state index is 0.356. The number of halogens is 1. The van der Waals surface area contributed by atoms with Crippen molar-refractivity contribution < 1.29 is 4.42 Å². The molecule has 0 bridgehead atoms. The fourth-order valence-electron chi connectivity index (χ4n) is 1.26. The lowest BCUT2D eigenvalue weighted by Gasteiger charge is -1.89. The minimum Gasteiger partial charge on any atom is -0.464 e. The van der Waals surface area contributed by atoms with Gasteiger partial charge in [0.15, 0.2) is 0 Å². The maximum absolute atomic E-state index is 6.75. The van der Waals surface area contributed by atoms with E-state index in [4.69, 9.17) is 22.6 Å². The van der Waals surface area contributed by atoms with Crippen LogP contribution < -0.4 is 0 Å². The Kier molecular flexibility index (Phi) is 1.96. The van der Waals surface area contributed by atoms with Gasteiger partial charge in [-0.05, 0) is 18.2 Å². The van der Waals surface area contributed by atoms with E-state index >= 15 is 0 Å². The predicted octanol–water partition coefficient (Wildman–Crippen LogP) is 3.51. The van der Waals surface area contributed by atoms with E-state index in [9.17, 15) is 0 Å². The molecule has 0 aliphatic heterocycles. The van der Waals surface area contributed by atoms with E-state index in [0.29, 0.717) is 11.6 Å². The molecule has 0 fully saturated rings. The average molecular weight is 192 g/mol. The van der Waals surface area contributed by atoms with Crippen LogP contribution in [-0.4, -0.2) is 0 Å². The van der Waals surface area contributed by atoms with Gasteiger partial charge in [-0.15, -0.1) is 0 Å². The summed E-state index contributed by atoms with van der Waals surface area (Å²) in [6.07, 6.45) is 1.61. The molecule has 0 aliphatic carbocycles. The first-order chi connectivity index (χ1) is 6.31. The first-order valence-corrected chi connectivity index (χ1v) is 4.18. The van der Waals surface area contributed by atoms with E-state index in [1.54, 1.807) is 18.4 Å². The fourth-order valence-corrected chi connectivity index (χ4v) is 1.43. The lowest BCUT2D eigenvalue weighted by molar-refractivity contribution is 0.612. The van der Waals surface area contributed by atoms with Crippen molar-refractivity contribution in [3.63, 3.8) is 0 Å². The van der Waals surface area contributed by atoms with Crippen molar-refractivity contribution in [2.75, 3.05) is 0 Å². The first kappa shape index (κ1) is 8.15. The quantitative estimate of drug-likeness (QED) is 0.631. The number of rotatable bonds is 1. The Morgan fingerprint density at radius 1 is 1.46 bits per heavy atom. The molecule has 64 valence electrons. The first-order valence-electron chi connectivity index (χ1n) is 3.80. The Morgan fingerprint density at radius 2 is 2.31 bits per heavy atom. The average Bonchev–Trinajstić information content (AvgIpc) is 2.49. The minimum atomic E-state index is 0.356. The molecule has 13 heavy (non-hydrogen) atoms. The summed E-state index contributed by atoms with van der Waals surface area (Å²) in [4.78, 5) is 3.31. The Balaban J connectivity index is 2.63. The van der Waals surface area contributed by atoms with E-state index < -0.39 is 0 Å². The molecule has 0 aliphatic rings. The molecule has 0 spiro atoms. The zero-order chi connectivity index (χ0) is 9.26. The van der Waals surface area contributed by atoms with Gasteiger partial charge in [-0.25, -0.2) is 6.57 Å². The summed E-state index contributed by atoms with van der Waals surface area (Å²) >= 11 is 5.78. The maximum Gasteiger partial charge on any atom is 0.243 e. The smallest absolute Gasteiger partial charge is 0.243 e. The highest BCUT2D eigenvalue weighted by Crippen LogP contribution is 2.24. The Labute approximate surface area is 80.5 Å². The molecular weight excluding hydrogens is 186 g/mol. The molecule has 1 heterocycles. The summed E-state index contributed by atoms with van der Waals surface area (Å²) in [5.41, 5.74) is 1.66. The number of hydrogen-bond acceptors (Lipinski definition) is 1. The second-order valence-electron chi connectivity index (χ2n) is 2.72. The van der Waals surface area contributed by atoms with Crippen LogP contribution in [0.4, 0.5) is 0 Å². The molecule has 3 heteroatoms. The summed E-state index contributed by atoms with van der Waals surface area (Å²) in [7, 11) is 0. The van der Waals surface area contributed by atoms with E-state index in [1.165, 1.54) is 0 Å². The van der Waals surface area contributed by atoms with Crippen LogP contribution in [0.3, 0.4) is 0 Å². The fraction of sp³-hybridized carbons (Fsp3) is 0.100. The monoisotopic (exact) mass is 191 g/mol. The van der Waals surface area contributed by atoms with Crippen molar-refractivity contribution in [1.82, 2.24) is 0 Å². The molecule has 1 aromatic carbocycles. The highest BCUT2D eigenvalue weighted by molar-refractivity contribution is 6.31. The molecule has 2 aromatic rings. The number of hydrogen-bond donors (Lipinski definition) is 0. The van der Waals surface area contributed by atoms with E-state index in [0.717, 1.165) is 16.5 Å². The van der Waals surface area contributed by atoms with Crippen LogP contribution in [0.5, 0.6) is 0 Å². The van der Waals surface area contributed by atoms with Gasteiger partial charge in [-0.3, -0.25) is 0 Å². The van der Waals surface area contributed by atoms with Crippen molar-refractivity contribution in [2.24, 2.45) is 0 Å². The third-order valence-electron chi connectivity index (χ3n) is 1.87. The van der Waals surface area contributed by atoms with Crippen LogP contribution in [-0.2, 0) is 6.54 Å². The third kappa shape index (κ3) is 1.39. The Morgan fingerprint density at radius 3 is 3.08 bits per heavy atom. The van der Waals surface area contributed by atoms with E-state index in [2.05, 4.69) is 4.85 Å². The molecular formula is C10H6ClNO. The maximum atomic E-state index is 6.75. The second-order valence-corrected chi connectivity index (χ2v) is 3.15. The summed E-state index contributed by atoms with van der Waals surface area (Å²) < 4.78 is 5.25. The molecule has 2 nitrogen and oxygen atoms in total. The van der Waals surface area contributed by atoms with Gasteiger partial charge in [0.25, 0.3) is 0 Å². The SMILES string of the molecule is [C-]#[N+]Cc1coc2cc(Cl)ccc12. The zero-order valence-corrected chi connectivity index (χ0v) is 7.51. The van der Waals surface area contributed by atoms with Crippen molar-refractivity contribution in [3.8, 4) is 0 Å². The van der Waals surface area contributed by atoms with Crippen LogP contribution in [0.25, 0.3) is 15.8 Å². The van der Waals surface area contributed by atoms with Gasteiger partial charge >= 0.3 is 0 Å². The van der Waals surface area contributed by atoms with Crippen LogP contribution in [0.15, 0.2) is 28.9 Å². The number of fused-ring (bicyclic) bond motifs is 1. The molecule has 1 aromatic heterocycles. The topological polar surface area (TPSA) is 17.5 Å². The highest BCUT2D eigenvalue weighted by atomic mass is 35.5. The highest BCUT2D eigenvalue weighted by Gasteiger charge is 2.07. The van der Waals surface area contributed by atoms with Crippen LogP contribution in [0, 0.1) is 6.57 Å². The second kappa shape index (κ2) is 3.12. The van der Waals surface area contributed by atoms with Gasteiger partial charge < -0.3 is 9.26 Å². The van der Waals surface area contributed by atoms with Crippen LogP contribution in [0.2, 0.25) is 5.02 Å². The normalized spacial score (nSPS) is 10.2.